The van der Waals surface area contributed by atoms with E-state index in [1.165, 1.54) is 0 Å². The number of nitrogens with zero attached hydrogens (tertiary/aromatic N) is 3. The zero-order valence-electron chi connectivity index (χ0n) is 18.9. The fourth-order valence-electron chi connectivity index (χ4n) is 3.47. The van der Waals surface area contributed by atoms with Crippen LogP contribution in [0.15, 0.2) is 24.3 Å². The molecule has 182 valence electrons. The van der Waals surface area contributed by atoms with E-state index in [0.717, 1.165) is 10.9 Å². The van der Waals surface area contributed by atoms with Gasteiger partial charge >= 0.3 is 5.66 Å². The van der Waals surface area contributed by atoms with Crippen LogP contribution in [0, 0.1) is 0 Å². The van der Waals surface area contributed by atoms with Gasteiger partial charge in [0.25, 0.3) is 7.37 Å². The molecule has 1 atom stereocenters. The number of benzene rings is 1. The molecule has 0 amide bonds. The van der Waals surface area contributed by atoms with Crippen molar-refractivity contribution in [1.82, 2.24) is 14.5 Å². The van der Waals surface area contributed by atoms with Crippen molar-refractivity contribution in [2.75, 3.05) is 37.5 Å². The summed E-state index contributed by atoms with van der Waals surface area (Å²) in [4.78, 5) is 18.1. The lowest BCUT2D eigenvalue weighted by molar-refractivity contribution is 0.0511. The highest BCUT2D eigenvalue weighted by Crippen LogP contribution is 2.55. The van der Waals surface area contributed by atoms with Crippen molar-refractivity contribution in [1.29, 1.82) is 0 Å². The molecule has 0 aliphatic carbocycles. The number of halogens is 2. The average molecular weight is 485 g/mol. The first-order valence-corrected chi connectivity index (χ1v) is 12.7. The molecule has 12 heteroatoms. The zero-order valence-corrected chi connectivity index (χ0v) is 19.8. The molecule has 0 bridgehead atoms. The molecule has 5 N–H and O–H groups in total. The van der Waals surface area contributed by atoms with Crippen LogP contribution in [0.2, 0.25) is 0 Å². The van der Waals surface area contributed by atoms with E-state index in [9.17, 15) is 18.5 Å². The summed E-state index contributed by atoms with van der Waals surface area (Å²) in [6.07, 6.45) is -0.762. The van der Waals surface area contributed by atoms with Gasteiger partial charge in [-0.25, -0.2) is 9.97 Å². The fraction of sp³-hybridized carbons (Fsp3) is 0.524. The summed E-state index contributed by atoms with van der Waals surface area (Å²) in [7, 11) is -4.48. The highest BCUT2D eigenvalue weighted by molar-refractivity contribution is 7.58. The minimum atomic E-state index is -4.48. The summed E-state index contributed by atoms with van der Waals surface area (Å²) in [5.74, 6) is 0.745. The standard InChI is InChI=1S/C21H30F2N5O4P/c1-20(2,29)13-28-17-14-7-4-5-8-15(14)26-18(24)16(17)27-19(28)25-10-12-32-11-6-9-21(22,23)33(3,30)31/h4-5,7-8,29H,6,9-13H2,1-3H3,(H2,24,26)(H,25,27)(H,30,31). The molecule has 0 spiro atoms. The molecule has 0 aliphatic heterocycles. The van der Waals surface area contributed by atoms with Gasteiger partial charge in [0.05, 0.1) is 29.8 Å². The molecule has 0 radical (unpaired) electrons. The number of ether oxygens (including phenoxy) is 1. The summed E-state index contributed by atoms with van der Waals surface area (Å²) >= 11 is 0. The Labute approximate surface area is 190 Å². The fourth-order valence-corrected chi connectivity index (χ4v) is 4.04. The number of nitrogen functional groups attached to an aromatic ring is 1. The Balaban J connectivity index is 1.70. The van der Waals surface area contributed by atoms with Gasteiger partial charge in [0.2, 0.25) is 5.95 Å². The van der Waals surface area contributed by atoms with Gasteiger partial charge in [-0.15, -0.1) is 0 Å². The van der Waals surface area contributed by atoms with Gasteiger partial charge in [0.1, 0.15) is 5.52 Å². The molecule has 1 unspecified atom stereocenters. The summed E-state index contributed by atoms with van der Waals surface area (Å²) < 4.78 is 45.5. The monoisotopic (exact) mass is 485 g/mol. The van der Waals surface area contributed by atoms with E-state index in [1.807, 2.05) is 28.8 Å². The average Bonchev–Trinajstić information content (AvgIpc) is 3.04. The first kappa shape index (κ1) is 25.3. The SMILES string of the molecule is CC(C)(O)Cn1c(NCCOCCCC(F)(F)P(C)(=O)O)nc2c(N)nc3ccccc3c21. The molecule has 9 nitrogen and oxygen atoms in total. The van der Waals surface area contributed by atoms with Gasteiger partial charge in [0, 0.05) is 31.6 Å². The van der Waals surface area contributed by atoms with Crippen LogP contribution in [-0.2, 0) is 15.8 Å². The molecule has 3 rings (SSSR count). The topological polar surface area (TPSA) is 136 Å². The van der Waals surface area contributed by atoms with Crippen LogP contribution in [0.4, 0.5) is 20.5 Å². The Kier molecular flexibility index (Phi) is 7.28. The summed E-state index contributed by atoms with van der Waals surface area (Å²) in [5, 5.41) is 14.5. The molecular weight excluding hydrogens is 455 g/mol. The van der Waals surface area contributed by atoms with Crippen LogP contribution in [0.1, 0.15) is 26.7 Å². The predicted molar refractivity (Wildman–Crippen MR) is 125 cm³/mol. The number of aromatic nitrogens is 3. The molecule has 3 aromatic rings. The molecule has 0 fully saturated rings. The molecule has 1 aromatic carbocycles. The number of anilines is 2. The van der Waals surface area contributed by atoms with E-state index >= 15 is 0 Å². The molecular formula is C21H30F2N5O4P. The maximum Gasteiger partial charge on any atom is 0.321 e. The molecule has 0 aliphatic rings. The molecule has 0 saturated heterocycles. The first-order chi connectivity index (χ1) is 15.3. The minimum Gasteiger partial charge on any atom is -0.389 e. The van der Waals surface area contributed by atoms with Gasteiger partial charge < -0.3 is 30.4 Å². The number of para-hydroxylation sites is 1. The van der Waals surface area contributed by atoms with Gasteiger partial charge in [-0.1, -0.05) is 18.2 Å². The van der Waals surface area contributed by atoms with E-state index in [-0.39, 0.29) is 32.0 Å². The van der Waals surface area contributed by atoms with Gasteiger partial charge in [-0.3, -0.25) is 4.57 Å². The minimum absolute atomic E-state index is 0.0266. The van der Waals surface area contributed by atoms with E-state index in [1.54, 1.807) is 13.8 Å². The number of nitrogens with one attached hydrogen (secondary N) is 1. The van der Waals surface area contributed by atoms with Crippen molar-refractivity contribution < 1.29 is 28.1 Å². The normalized spacial score (nSPS) is 14.6. The van der Waals surface area contributed by atoms with Crippen LogP contribution in [0.5, 0.6) is 0 Å². The number of hydrogen-bond acceptors (Lipinski definition) is 7. The third-order valence-corrected chi connectivity index (χ3v) is 6.50. The van der Waals surface area contributed by atoms with E-state index in [4.69, 9.17) is 15.4 Å². The van der Waals surface area contributed by atoms with Crippen LogP contribution >= 0.6 is 7.37 Å². The summed E-state index contributed by atoms with van der Waals surface area (Å²) in [6, 6.07) is 7.52. The van der Waals surface area contributed by atoms with Gasteiger partial charge in [-0.2, -0.15) is 8.78 Å². The molecule has 2 aromatic heterocycles. The Morgan fingerprint density at radius 2 is 1.94 bits per heavy atom. The number of hydrogen-bond donors (Lipinski definition) is 4. The smallest absolute Gasteiger partial charge is 0.321 e. The molecule has 0 saturated carbocycles. The summed E-state index contributed by atoms with van der Waals surface area (Å²) in [5.41, 5.74) is 3.47. The maximum absolute atomic E-state index is 13.5. The highest BCUT2D eigenvalue weighted by atomic mass is 31.2. The number of nitrogens with two attached hydrogens (primary N) is 1. The van der Waals surface area contributed by atoms with Crippen molar-refractivity contribution in [2.45, 2.75) is 44.5 Å². The third kappa shape index (κ3) is 5.97. The Hall–Kier alpha value is -2.33. The van der Waals surface area contributed by atoms with Gasteiger partial charge in [-0.05, 0) is 26.3 Å². The van der Waals surface area contributed by atoms with Crippen LogP contribution in [0.3, 0.4) is 0 Å². The lowest BCUT2D eigenvalue weighted by Crippen LogP contribution is -2.27. The lowest BCUT2D eigenvalue weighted by Gasteiger charge is -2.21. The number of alkyl halides is 2. The number of imidazole rings is 1. The zero-order chi connectivity index (χ0) is 24.4. The second kappa shape index (κ2) is 9.50. The van der Waals surface area contributed by atoms with Crippen molar-refractivity contribution in [3.63, 3.8) is 0 Å². The van der Waals surface area contributed by atoms with E-state index in [2.05, 4.69) is 15.3 Å². The van der Waals surface area contributed by atoms with E-state index < -0.39 is 25.1 Å². The summed E-state index contributed by atoms with van der Waals surface area (Å²) in [6.45, 7) is 4.83. The number of pyridine rings is 1. The first-order valence-electron chi connectivity index (χ1n) is 10.6. The van der Waals surface area contributed by atoms with Crippen LogP contribution < -0.4 is 11.1 Å². The van der Waals surface area contributed by atoms with Crippen molar-refractivity contribution in [2.24, 2.45) is 0 Å². The van der Waals surface area contributed by atoms with Crippen LogP contribution in [-0.4, -0.2) is 62.2 Å². The highest BCUT2D eigenvalue weighted by Gasteiger charge is 2.44. The second-order valence-corrected chi connectivity index (χ2v) is 11.1. The largest absolute Gasteiger partial charge is 0.389 e. The Bertz CT molecular complexity index is 1170. The molecule has 2 heterocycles. The van der Waals surface area contributed by atoms with Crippen molar-refractivity contribution in [3.8, 4) is 0 Å². The van der Waals surface area contributed by atoms with E-state index in [0.29, 0.717) is 30.2 Å². The van der Waals surface area contributed by atoms with Crippen molar-refractivity contribution >= 4 is 41.1 Å². The quantitative estimate of drug-likeness (QED) is 0.239. The lowest BCUT2D eigenvalue weighted by atomic mass is 10.1. The predicted octanol–water partition coefficient (Wildman–Crippen LogP) is 3.64. The molecule has 33 heavy (non-hydrogen) atoms. The maximum atomic E-state index is 13.5. The Morgan fingerprint density at radius 1 is 1.24 bits per heavy atom. The van der Waals surface area contributed by atoms with Crippen molar-refractivity contribution in [3.05, 3.63) is 24.3 Å². The number of fused-ring (bicyclic) bond motifs is 3. The Morgan fingerprint density at radius 3 is 2.61 bits per heavy atom. The van der Waals surface area contributed by atoms with Gasteiger partial charge in [0.15, 0.2) is 5.82 Å². The third-order valence-electron chi connectivity index (χ3n) is 5.06. The second-order valence-electron chi connectivity index (χ2n) is 8.73. The van der Waals surface area contributed by atoms with Crippen LogP contribution in [0.25, 0.3) is 21.9 Å². The number of rotatable bonds is 11. The number of aliphatic hydroxyl groups is 1.